The van der Waals surface area contributed by atoms with Crippen LogP contribution >= 0.6 is 0 Å². The number of carbonyl (C=O) groups is 6. The van der Waals surface area contributed by atoms with Crippen molar-refractivity contribution in [1.29, 1.82) is 0 Å². The van der Waals surface area contributed by atoms with Crippen molar-refractivity contribution in [3.8, 4) is 0 Å². The van der Waals surface area contributed by atoms with E-state index in [0.717, 1.165) is 20.8 Å². The van der Waals surface area contributed by atoms with Crippen LogP contribution < -0.4 is 0 Å². The van der Waals surface area contributed by atoms with Crippen LogP contribution in [0.3, 0.4) is 0 Å². The van der Waals surface area contributed by atoms with Gasteiger partial charge in [0, 0.05) is 27.2 Å². The van der Waals surface area contributed by atoms with Gasteiger partial charge >= 0.3 is 35.8 Å². The van der Waals surface area contributed by atoms with E-state index in [4.69, 9.17) is 33.2 Å². The second-order valence-corrected chi connectivity index (χ2v) is 14.9. The molecule has 1 aromatic carbocycles. The highest BCUT2D eigenvalue weighted by Crippen LogP contribution is 2.69. The van der Waals surface area contributed by atoms with Crippen LogP contribution in [0.25, 0.3) is 0 Å². The summed E-state index contributed by atoms with van der Waals surface area (Å²) in [6.07, 6.45) is -7.99. The molecule has 2 saturated carbocycles. The number of hydrogen-bond donors (Lipinski definition) is 1. The summed E-state index contributed by atoms with van der Waals surface area (Å²) in [6, 6.07) is 7.88. The molecule has 14 nitrogen and oxygen atoms in total. The van der Waals surface area contributed by atoms with Crippen LogP contribution in [-0.2, 0) is 57.1 Å². The van der Waals surface area contributed by atoms with Crippen LogP contribution in [0.1, 0.15) is 92.4 Å². The molecule has 0 radical (unpaired) electrons. The molecule has 14 heteroatoms. The van der Waals surface area contributed by atoms with E-state index in [1.54, 1.807) is 59.7 Å². The first kappa shape index (κ1) is 39.7. The maximum Gasteiger partial charge on any atom is 0.338 e. The molecule has 282 valence electrons. The summed E-state index contributed by atoms with van der Waals surface area (Å²) in [4.78, 5) is 79.9. The van der Waals surface area contributed by atoms with Gasteiger partial charge in [-0.15, -0.1) is 0 Å². The smallest absolute Gasteiger partial charge is 0.338 e. The first-order valence-corrected chi connectivity index (χ1v) is 17.2. The molecule has 0 amide bonds. The first-order valence-electron chi connectivity index (χ1n) is 17.2. The Kier molecular flexibility index (Phi) is 11.3. The molecule has 10 atom stereocenters. The van der Waals surface area contributed by atoms with E-state index in [1.165, 1.54) is 19.1 Å². The molecule has 1 spiro atoms. The van der Waals surface area contributed by atoms with E-state index in [0.29, 0.717) is 6.42 Å². The fourth-order valence-corrected chi connectivity index (χ4v) is 8.17. The third-order valence-corrected chi connectivity index (χ3v) is 10.4. The molecule has 2 aliphatic carbocycles. The minimum Gasteiger partial charge on any atom is -0.464 e. The van der Waals surface area contributed by atoms with E-state index >= 15 is 0 Å². The number of esters is 6. The van der Waals surface area contributed by atoms with Crippen molar-refractivity contribution < 1.29 is 67.0 Å². The number of hydrogen-bond acceptors (Lipinski definition) is 14. The van der Waals surface area contributed by atoms with E-state index in [1.807, 2.05) is 0 Å². The fraction of sp³-hybridized carbons (Fsp3) is 0.676. The minimum atomic E-state index is -2.28. The zero-order chi connectivity index (χ0) is 38.3. The fourth-order valence-electron chi connectivity index (χ4n) is 8.17. The van der Waals surface area contributed by atoms with Crippen LogP contribution in [0, 0.1) is 23.2 Å². The third-order valence-electron chi connectivity index (χ3n) is 10.4. The van der Waals surface area contributed by atoms with Gasteiger partial charge in [0.05, 0.1) is 34.5 Å². The number of fused-ring (bicyclic) bond motifs is 1. The Labute approximate surface area is 297 Å². The summed E-state index contributed by atoms with van der Waals surface area (Å²) in [5.74, 6) is -7.29. The van der Waals surface area contributed by atoms with Crippen molar-refractivity contribution in [2.24, 2.45) is 23.2 Å². The molecule has 4 rings (SSSR count). The number of benzene rings is 1. The molecule has 3 aliphatic rings. The van der Waals surface area contributed by atoms with Gasteiger partial charge in [0.1, 0.15) is 30.3 Å². The van der Waals surface area contributed by atoms with E-state index in [9.17, 15) is 33.9 Å². The molecule has 1 aromatic rings. The SMILES string of the molecule is CCC(C)C(=O)OCC12C(OC(C)=O)C(OC(C)=O)CC(C)(O)C13OC(C)(C)C(C(OC(=O)C(C)C)C2OC(=O)c1ccccc1)C3OC(C)=O. The molecular formula is C37H50O14. The Morgan fingerprint density at radius 3 is 1.90 bits per heavy atom. The number of aliphatic hydroxyl groups is 1. The van der Waals surface area contributed by atoms with Crippen LogP contribution in [0.5, 0.6) is 0 Å². The van der Waals surface area contributed by atoms with Gasteiger partial charge in [0.2, 0.25) is 0 Å². The average Bonchev–Trinajstić information content (AvgIpc) is 3.23. The molecular weight excluding hydrogens is 668 g/mol. The summed E-state index contributed by atoms with van der Waals surface area (Å²) in [5.41, 5.74) is -8.01. The maximum absolute atomic E-state index is 14.1. The Hall–Kier alpha value is -4.04. The van der Waals surface area contributed by atoms with E-state index in [-0.39, 0.29) is 5.56 Å². The lowest BCUT2D eigenvalue weighted by Gasteiger charge is -2.66. The summed E-state index contributed by atoms with van der Waals surface area (Å²) in [7, 11) is 0. The van der Waals surface area contributed by atoms with Crippen LogP contribution in [-0.4, -0.2) is 94.9 Å². The zero-order valence-corrected chi connectivity index (χ0v) is 30.9. The van der Waals surface area contributed by atoms with E-state index < -0.39 is 119 Å². The number of rotatable bonds is 11. The second kappa shape index (κ2) is 14.5. The molecule has 10 unspecified atom stereocenters. The van der Waals surface area contributed by atoms with Crippen molar-refractivity contribution >= 4 is 35.8 Å². The van der Waals surface area contributed by atoms with Gasteiger partial charge in [0.15, 0.2) is 17.8 Å². The van der Waals surface area contributed by atoms with Gasteiger partial charge in [-0.3, -0.25) is 24.0 Å². The molecule has 1 heterocycles. The largest absolute Gasteiger partial charge is 0.464 e. The Morgan fingerprint density at radius 1 is 0.804 bits per heavy atom. The predicted molar refractivity (Wildman–Crippen MR) is 176 cm³/mol. The first-order chi connectivity index (χ1) is 23.7. The van der Waals surface area contributed by atoms with Crippen molar-refractivity contribution in [2.75, 3.05) is 6.61 Å². The van der Waals surface area contributed by atoms with Crippen LogP contribution in [0.2, 0.25) is 0 Å². The van der Waals surface area contributed by atoms with E-state index in [2.05, 4.69) is 0 Å². The molecule has 3 fully saturated rings. The van der Waals surface area contributed by atoms with Crippen LogP contribution in [0.4, 0.5) is 0 Å². The average molecular weight is 719 g/mol. The molecule has 51 heavy (non-hydrogen) atoms. The number of ether oxygens (including phenoxy) is 7. The summed E-state index contributed by atoms with van der Waals surface area (Å²) >= 11 is 0. The standard InChI is InChI=1S/C37H50O14/c1-11-20(4)32(42)45-18-36-28(47-22(6)39)25(46-21(5)38)17-35(10,44)37(36)29(48-23(7)40)26(34(8,9)51-37)27(49-31(41)19(2)3)30(36)50-33(43)24-15-13-12-14-16-24/h12-16,19-20,25-30,44H,11,17-18H2,1-10H3. The minimum absolute atomic E-state index is 0.0880. The van der Waals surface area contributed by atoms with Crippen molar-refractivity contribution in [3.05, 3.63) is 35.9 Å². The molecule has 0 aromatic heterocycles. The van der Waals surface area contributed by atoms with Gasteiger partial charge in [-0.25, -0.2) is 4.79 Å². The van der Waals surface area contributed by atoms with Gasteiger partial charge in [-0.05, 0) is 39.3 Å². The summed E-state index contributed by atoms with van der Waals surface area (Å²) in [5, 5.41) is 12.8. The zero-order valence-electron chi connectivity index (χ0n) is 30.9. The summed E-state index contributed by atoms with van der Waals surface area (Å²) < 4.78 is 43.3. The molecule has 1 aliphatic heterocycles. The lowest BCUT2D eigenvalue weighted by atomic mass is 9.45. The Morgan fingerprint density at radius 2 is 1.37 bits per heavy atom. The Balaban J connectivity index is 2.20. The highest BCUT2D eigenvalue weighted by Gasteiger charge is 2.89. The van der Waals surface area contributed by atoms with Gasteiger partial charge < -0.3 is 38.3 Å². The molecule has 1 saturated heterocycles. The summed E-state index contributed by atoms with van der Waals surface area (Å²) in [6.45, 7) is 13.8. The normalized spacial score (nSPS) is 34.0. The van der Waals surface area contributed by atoms with Crippen molar-refractivity contribution in [2.45, 2.75) is 129 Å². The van der Waals surface area contributed by atoms with Gasteiger partial charge in [-0.1, -0.05) is 45.9 Å². The topological polar surface area (TPSA) is 187 Å². The third kappa shape index (κ3) is 6.96. The Bertz CT molecular complexity index is 1520. The van der Waals surface area contributed by atoms with Crippen molar-refractivity contribution in [1.82, 2.24) is 0 Å². The lowest BCUT2D eigenvalue weighted by Crippen LogP contribution is -2.85. The molecule has 1 N–H and O–H groups in total. The highest BCUT2D eigenvalue weighted by atomic mass is 16.7. The van der Waals surface area contributed by atoms with Gasteiger partial charge in [-0.2, -0.15) is 0 Å². The predicted octanol–water partition coefficient (Wildman–Crippen LogP) is 3.48. The van der Waals surface area contributed by atoms with Gasteiger partial charge in [0.25, 0.3) is 0 Å². The second-order valence-electron chi connectivity index (χ2n) is 14.9. The van der Waals surface area contributed by atoms with Crippen molar-refractivity contribution in [3.63, 3.8) is 0 Å². The maximum atomic E-state index is 14.1. The molecule has 2 bridgehead atoms. The lowest BCUT2D eigenvalue weighted by molar-refractivity contribution is -0.363. The quantitative estimate of drug-likeness (QED) is 0.259. The monoisotopic (exact) mass is 718 g/mol. The van der Waals surface area contributed by atoms with Crippen LogP contribution in [0.15, 0.2) is 30.3 Å². The number of carbonyl (C=O) groups excluding carboxylic acids is 6. The highest BCUT2D eigenvalue weighted by molar-refractivity contribution is 5.89.